The van der Waals surface area contributed by atoms with Gasteiger partial charge in [0, 0.05) is 32.1 Å². The fraction of sp³-hybridized carbons (Fsp3) is 0.833. The first-order chi connectivity index (χ1) is 8.31. The first-order valence-corrected chi connectivity index (χ1v) is 6.71. The molecule has 94 valence electrons. The molecular formula is C12H21N5. The Morgan fingerprint density at radius 3 is 3.00 bits per heavy atom. The Kier molecular flexibility index (Phi) is 3.01. The summed E-state index contributed by atoms with van der Waals surface area (Å²) in [6.45, 7) is 5.23. The molecule has 1 aromatic rings. The van der Waals surface area contributed by atoms with Crippen molar-refractivity contribution in [1.29, 1.82) is 0 Å². The number of aromatic amines is 1. The van der Waals surface area contributed by atoms with E-state index in [-0.39, 0.29) is 0 Å². The molecule has 2 N–H and O–H groups in total. The normalized spacial score (nSPS) is 25.9. The molecule has 3 rings (SSSR count). The van der Waals surface area contributed by atoms with E-state index in [9.17, 15) is 0 Å². The highest BCUT2D eigenvalue weighted by Gasteiger charge is 2.22. The van der Waals surface area contributed by atoms with E-state index in [1.807, 2.05) is 0 Å². The van der Waals surface area contributed by atoms with Crippen molar-refractivity contribution in [2.45, 2.75) is 38.6 Å². The van der Waals surface area contributed by atoms with Gasteiger partial charge in [0.2, 0.25) is 5.95 Å². The van der Waals surface area contributed by atoms with Gasteiger partial charge in [-0.2, -0.15) is 4.98 Å². The van der Waals surface area contributed by atoms with Gasteiger partial charge in [-0.15, -0.1) is 5.10 Å². The minimum Gasteiger partial charge on any atom is -0.337 e. The molecule has 0 aromatic carbocycles. The molecule has 2 aliphatic rings. The quantitative estimate of drug-likeness (QED) is 0.819. The summed E-state index contributed by atoms with van der Waals surface area (Å²) in [5.74, 6) is 2.79. The van der Waals surface area contributed by atoms with Crippen LogP contribution in [0, 0.1) is 5.92 Å². The van der Waals surface area contributed by atoms with E-state index in [4.69, 9.17) is 0 Å². The average Bonchev–Trinajstić information content (AvgIpc) is 2.72. The van der Waals surface area contributed by atoms with Crippen LogP contribution >= 0.6 is 0 Å². The third-order valence-electron chi connectivity index (χ3n) is 3.88. The van der Waals surface area contributed by atoms with Gasteiger partial charge in [0.15, 0.2) is 0 Å². The van der Waals surface area contributed by atoms with Gasteiger partial charge in [-0.05, 0) is 12.8 Å². The SMILES string of the molecule is C[C@H]1CN(c2n[nH]c(CC3CCC3)n2)CCN1. The van der Waals surface area contributed by atoms with Crippen LogP contribution in [0.1, 0.15) is 32.0 Å². The Morgan fingerprint density at radius 1 is 1.41 bits per heavy atom. The Morgan fingerprint density at radius 2 is 2.29 bits per heavy atom. The molecule has 1 saturated carbocycles. The molecule has 0 spiro atoms. The number of nitrogens with zero attached hydrogens (tertiary/aromatic N) is 3. The van der Waals surface area contributed by atoms with Crippen LogP contribution in [0.3, 0.4) is 0 Å². The summed E-state index contributed by atoms with van der Waals surface area (Å²) in [4.78, 5) is 6.89. The molecule has 2 fully saturated rings. The lowest BCUT2D eigenvalue weighted by atomic mass is 9.83. The van der Waals surface area contributed by atoms with Crippen LogP contribution in [0.2, 0.25) is 0 Å². The molecule has 0 radical (unpaired) electrons. The summed E-state index contributed by atoms with van der Waals surface area (Å²) < 4.78 is 0. The van der Waals surface area contributed by atoms with Gasteiger partial charge in [0.05, 0.1) is 0 Å². The lowest BCUT2D eigenvalue weighted by Crippen LogP contribution is -2.49. The maximum atomic E-state index is 4.62. The lowest BCUT2D eigenvalue weighted by molar-refractivity contribution is 0.309. The minimum atomic E-state index is 0.525. The number of anilines is 1. The Labute approximate surface area is 102 Å². The van der Waals surface area contributed by atoms with Crippen LogP contribution in [-0.4, -0.2) is 40.9 Å². The summed E-state index contributed by atoms with van der Waals surface area (Å²) in [7, 11) is 0. The molecule has 0 unspecified atom stereocenters. The Hall–Kier alpha value is -1.10. The maximum Gasteiger partial charge on any atom is 0.244 e. The Balaban J connectivity index is 1.62. The van der Waals surface area contributed by atoms with Crippen molar-refractivity contribution < 1.29 is 0 Å². The first kappa shape index (κ1) is 11.0. The van der Waals surface area contributed by atoms with Crippen molar-refractivity contribution in [2.24, 2.45) is 5.92 Å². The zero-order valence-electron chi connectivity index (χ0n) is 10.4. The molecule has 5 nitrogen and oxygen atoms in total. The highest BCUT2D eigenvalue weighted by Crippen LogP contribution is 2.29. The number of aromatic nitrogens is 3. The van der Waals surface area contributed by atoms with Crippen molar-refractivity contribution in [2.75, 3.05) is 24.5 Å². The van der Waals surface area contributed by atoms with Crippen LogP contribution in [0.4, 0.5) is 5.95 Å². The van der Waals surface area contributed by atoms with Gasteiger partial charge < -0.3 is 10.2 Å². The van der Waals surface area contributed by atoms with Gasteiger partial charge >= 0.3 is 0 Å². The summed E-state index contributed by atoms with van der Waals surface area (Å²) in [6.07, 6.45) is 5.19. The van der Waals surface area contributed by atoms with E-state index in [1.54, 1.807) is 0 Å². The highest BCUT2D eigenvalue weighted by atomic mass is 15.4. The standard InChI is InChI=1S/C12H21N5/c1-9-8-17(6-5-13-9)12-14-11(15-16-12)7-10-3-2-4-10/h9-10,13H,2-8H2,1H3,(H,14,15,16)/t9-/m0/s1. The molecule has 0 bridgehead atoms. The van der Waals surface area contributed by atoms with E-state index in [1.165, 1.54) is 19.3 Å². The van der Waals surface area contributed by atoms with Crippen LogP contribution in [-0.2, 0) is 6.42 Å². The molecule has 1 aromatic heterocycles. The minimum absolute atomic E-state index is 0.525. The smallest absolute Gasteiger partial charge is 0.244 e. The summed E-state index contributed by atoms with van der Waals surface area (Å²) in [6, 6.07) is 0.525. The Bertz CT molecular complexity index is 371. The van der Waals surface area contributed by atoms with Crippen LogP contribution in [0.25, 0.3) is 0 Å². The number of H-pyrrole nitrogens is 1. The number of hydrogen-bond acceptors (Lipinski definition) is 4. The number of nitrogens with one attached hydrogen (secondary N) is 2. The molecule has 1 saturated heterocycles. The van der Waals surface area contributed by atoms with Gasteiger partial charge in [0.25, 0.3) is 0 Å². The van der Waals surface area contributed by atoms with E-state index < -0.39 is 0 Å². The topological polar surface area (TPSA) is 56.8 Å². The molecular weight excluding hydrogens is 214 g/mol. The monoisotopic (exact) mass is 235 g/mol. The second kappa shape index (κ2) is 4.64. The highest BCUT2D eigenvalue weighted by molar-refractivity contribution is 5.30. The zero-order valence-corrected chi connectivity index (χ0v) is 10.4. The molecule has 17 heavy (non-hydrogen) atoms. The van der Waals surface area contributed by atoms with Gasteiger partial charge in [-0.1, -0.05) is 19.3 Å². The largest absolute Gasteiger partial charge is 0.337 e. The number of hydrogen-bond donors (Lipinski definition) is 2. The summed E-state index contributed by atoms with van der Waals surface area (Å²) >= 11 is 0. The molecule has 0 amide bonds. The van der Waals surface area contributed by atoms with Gasteiger partial charge in [0.1, 0.15) is 5.82 Å². The zero-order chi connectivity index (χ0) is 11.7. The second-order valence-electron chi connectivity index (χ2n) is 5.38. The molecule has 1 aliphatic carbocycles. The number of rotatable bonds is 3. The van der Waals surface area contributed by atoms with Crippen molar-refractivity contribution in [3.05, 3.63) is 5.82 Å². The fourth-order valence-electron chi connectivity index (χ4n) is 2.60. The number of piperazine rings is 1. The molecule has 2 heterocycles. The maximum absolute atomic E-state index is 4.62. The third-order valence-corrected chi connectivity index (χ3v) is 3.88. The summed E-state index contributed by atoms with van der Waals surface area (Å²) in [5.41, 5.74) is 0. The van der Waals surface area contributed by atoms with Crippen LogP contribution in [0.15, 0.2) is 0 Å². The van der Waals surface area contributed by atoms with Crippen LogP contribution < -0.4 is 10.2 Å². The van der Waals surface area contributed by atoms with E-state index in [0.717, 1.165) is 43.7 Å². The third kappa shape index (κ3) is 2.44. The second-order valence-corrected chi connectivity index (χ2v) is 5.38. The fourth-order valence-corrected chi connectivity index (χ4v) is 2.60. The summed E-state index contributed by atoms with van der Waals surface area (Å²) in [5, 5.41) is 10.9. The molecule has 1 aliphatic heterocycles. The van der Waals surface area contributed by atoms with Gasteiger partial charge in [-0.25, -0.2) is 0 Å². The van der Waals surface area contributed by atoms with E-state index in [2.05, 4.69) is 32.3 Å². The van der Waals surface area contributed by atoms with Gasteiger partial charge in [-0.3, -0.25) is 5.10 Å². The van der Waals surface area contributed by atoms with E-state index >= 15 is 0 Å². The predicted octanol–water partition coefficient (Wildman–Crippen LogP) is 0.945. The van der Waals surface area contributed by atoms with E-state index in [0.29, 0.717) is 6.04 Å². The van der Waals surface area contributed by atoms with Crippen molar-refractivity contribution in [3.63, 3.8) is 0 Å². The van der Waals surface area contributed by atoms with Crippen molar-refractivity contribution >= 4 is 5.95 Å². The predicted molar refractivity (Wildman–Crippen MR) is 67.1 cm³/mol. The van der Waals surface area contributed by atoms with Crippen LogP contribution in [0.5, 0.6) is 0 Å². The van der Waals surface area contributed by atoms with Crippen molar-refractivity contribution in [3.8, 4) is 0 Å². The lowest BCUT2D eigenvalue weighted by Gasteiger charge is -2.30. The average molecular weight is 235 g/mol. The van der Waals surface area contributed by atoms with Crippen molar-refractivity contribution in [1.82, 2.24) is 20.5 Å². The molecule has 1 atom stereocenters. The molecule has 5 heteroatoms. The first-order valence-electron chi connectivity index (χ1n) is 6.71.